The summed E-state index contributed by atoms with van der Waals surface area (Å²) in [5.74, 6) is 2.32. The molecular formula is C24H41NO2. The zero-order valence-electron chi connectivity index (χ0n) is 17.5. The third-order valence-electron chi connectivity index (χ3n) is 7.27. The number of hydrogen-bond donors (Lipinski definition) is 3. The molecule has 1 saturated heterocycles. The summed E-state index contributed by atoms with van der Waals surface area (Å²) in [5, 5.41) is 24.5. The van der Waals surface area contributed by atoms with Crippen molar-refractivity contribution in [3.63, 3.8) is 0 Å². The van der Waals surface area contributed by atoms with Gasteiger partial charge in [-0.1, -0.05) is 43.6 Å². The molecular weight excluding hydrogens is 334 g/mol. The molecule has 0 radical (unpaired) electrons. The van der Waals surface area contributed by atoms with E-state index in [1.54, 1.807) is 5.57 Å². The highest BCUT2D eigenvalue weighted by Crippen LogP contribution is 2.48. The fourth-order valence-electron chi connectivity index (χ4n) is 5.49. The van der Waals surface area contributed by atoms with E-state index in [2.05, 4.69) is 30.5 Å². The molecule has 3 nitrogen and oxygen atoms in total. The zero-order valence-corrected chi connectivity index (χ0v) is 17.5. The predicted molar refractivity (Wildman–Crippen MR) is 113 cm³/mol. The molecule has 0 amide bonds. The van der Waals surface area contributed by atoms with Crippen molar-refractivity contribution in [1.82, 2.24) is 5.32 Å². The van der Waals surface area contributed by atoms with E-state index in [1.807, 2.05) is 6.92 Å². The first-order valence-corrected chi connectivity index (χ1v) is 11.5. The van der Waals surface area contributed by atoms with E-state index >= 15 is 0 Å². The van der Waals surface area contributed by atoms with Crippen molar-refractivity contribution >= 4 is 0 Å². The molecule has 154 valence electrons. The van der Waals surface area contributed by atoms with Gasteiger partial charge in [0.15, 0.2) is 0 Å². The molecule has 3 heteroatoms. The number of hydrogen-bond acceptors (Lipinski definition) is 3. The van der Waals surface area contributed by atoms with E-state index in [9.17, 15) is 10.2 Å². The minimum atomic E-state index is -0.608. The molecule has 0 aromatic heterocycles. The van der Waals surface area contributed by atoms with Crippen LogP contribution in [0.1, 0.15) is 78.1 Å². The van der Waals surface area contributed by atoms with Gasteiger partial charge in [-0.15, -0.1) is 0 Å². The summed E-state index contributed by atoms with van der Waals surface area (Å²) in [7, 11) is 0. The number of piperidine rings is 1. The van der Waals surface area contributed by atoms with Crippen LogP contribution in [-0.4, -0.2) is 35.0 Å². The van der Waals surface area contributed by atoms with Gasteiger partial charge in [-0.3, -0.25) is 0 Å². The van der Waals surface area contributed by atoms with Gasteiger partial charge < -0.3 is 15.5 Å². The van der Waals surface area contributed by atoms with E-state index in [1.165, 1.54) is 45.2 Å². The summed E-state index contributed by atoms with van der Waals surface area (Å²) in [6.45, 7) is 6.49. The number of fused-ring (bicyclic) bond motifs is 1. The Hall–Kier alpha value is -0.640. The number of aliphatic hydroxyl groups is 2. The van der Waals surface area contributed by atoms with Gasteiger partial charge in [0.2, 0.25) is 0 Å². The lowest BCUT2D eigenvalue weighted by Crippen LogP contribution is -2.27. The number of rotatable bonds is 9. The molecule has 5 atom stereocenters. The number of unbranched alkanes of at least 4 members (excludes halogenated alkanes) is 1. The highest BCUT2D eigenvalue weighted by atomic mass is 16.3. The van der Waals surface area contributed by atoms with Crippen LogP contribution in [0.4, 0.5) is 0 Å². The summed E-state index contributed by atoms with van der Waals surface area (Å²) in [5.41, 5.74) is 1.03. The molecule has 0 unspecified atom stereocenters. The highest BCUT2D eigenvalue weighted by Gasteiger charge is 2.43. The van der Waals surface area contributed by atoms with E-state index in [4.69, 9.17) is 0 Å². The van der Waals surface area contributed by atoms with Crippen molar-refractivity contribution in [3.05, 3.63) is 23.8 Å². The third kappa shape index (κ3) is 5.92. The molecule has 1 saturated carbocycles. The monoisotopic (exact) mass is 375 g/mol. The predicted octanol–water partition coefficient (Wildman–Crippen LogP) is 4.60. The van der Waals surface area contributed by atoms with Crippen LogP contribution in [0.2, 0.25) is 0 Å². The minimum Gasteiger partial charge on any atom is -0.392 e. The third-order valence-corrected chi connectivity index (χ3v) is 7.27. The number of nitrogens with one attached hydrogen (secondary N) is 1. The Labute approximate surface area is 166 Å². The van der Waals surface area contributed by atoms with Crippen LogP contribution in [0.3, 0.4) is 0 Å². The smallest absolute Gasteiger partial charge is 0.0654 e. The van der Waals surface area contributed by atoms with Crippen molar-refractivity contribution in [2.75, 3.05) is 13.1 Å². The lowest BCUT2D eigenvalue weighted by molar-refractivity contribution is 0.0513. The van der Waals surface area contributed by atoms with Crippen LogP contribution < -0.4 is 5.32 Å². The first-order chi connectivity index (χ1) is 13.0. The summed E-state index contributed by atoms with van der Waals surface area (Å²) in [6, 6.07) is 0. The molecule has 0 bridgehead atoms. The maximum atomic E-state index is 10.5. The first kappa shape index (κ1) is 21.1. The molecule has 3 N–H and O–H groups in total. The summed E-state index contributed by atoms with van der Waals surface area (Å²) in [6.07, 6.45) is 17.8. The molecule has 2 aliphatic carbocycles. The Kier molecular flexibility index (Phi) is 7.58. The Balaban J connectivity index is 1.47. The second kappa shape index (κ2) is 9.71. The molecule has 2 fully saturated rings. The van der Waals surface area contributed by atoms with Crippen LogP contribution in [0.25, 0.3) is 0 Å². The van der Waals surface area contributed by atoms with Crippen molar-refractivity contribution < 1.29 is 10.2 Å². The molecule has 1 heterocycles. The van der Waals surface area contributed by atoms with Gasteiger partial charge in [-0.05, 0) is 89.1 Å². The molecule has 0 aromatic rings. The van der Waals surface area contributed by atoms with Gasteiger partial charge in [0.1, 0.15) is 0 Å². The highest BCUT2D eigenvalue weighted by molar-refractivity contribution is 5.21. The maximum Gasteiger partial charge on any atom is 0.0654 e. The van der Waals surface area contributed by atoms with Gasteiger partial charge in [0.05, 0.1) is 11.7 Å². The van der Waals surface area contributed by atoms with Gasteiger partial charge in [-0.25, -0.2) is 0 Å². The van der Waals surface area contributed by atoms with Crippen LogP contribution in [0.15, 0.2) is 23.8 Å². The number of aliphatic hydroxyl groups excluding tert-OH is 1. The fourth-order valence-corrected chi connectivity index (χ4v) is 5.49. The average Bonchev–Trinajstić information content (AvgIpc) is 3.17. The van der Waals surface area contributed by atoms with E-state index < -0.39 is 5.60 Å². The van der Waals surface area contributed by atoms with Gasteiger partial charge in [-0.2, -0.15) is 0 Å². The second-order valence-electron chi connectivity index (χ2n) is 9.70. The summed E-state index contributed by atoms with van der Waals surface area (Å²) in [4.78, 5) is 0. The Morgan fingerprint density at radius 2 is 2.07 bits per heavy atom. The lowest BCUT2D eigenvalue weighted by Gasteiger charge is -2.23. The van der Waals surface area contributed by atoms with E-state index in [0.717, 1.165) is 31.6 Å². The van der Waals surface area contributed by atoms with Gasteiger partial charge >= 0.3 is 0 Å². The standard InChI is InChI=1S/C24H41NO2/c1-3-4-11-24(2,27)12-5-6-21-22-16-19(15-20(22)17-23(21)26)8-7-18-9-13-25-14-10-18/h5-6,15,18,20-23,25-27H,3-4,7-14,16-17H2,1-2H3/b6-5+/t20-,21+,22-,23+,24-/m0/s1. The van der Waals surface area contributed by atoms with Crippen LogP contribution >= 0.6 is 0 Å². The quantitative estimate of drug-likeness (QED) is 0.516. The molecule has 3 aliphatic rings. The molecule has 0 spiro atoms. The van der Waals surface area contributed by atoms with Crippen molar-refractivity contribution in [2.24, 2.45) is 23.7 Å². The van der Waals surface area contributed by atoms with Crippen molar-refractivity contribution in [2.45, 2.75) is 89.8 Å². The van der Waals surface area contributed by atoms with Crippen molar-refractivity contribution in [3.8, 4) is 0 Å². The maximum absolute atomic E-state index is 10.5. The normalized spacial score (nSPS) is 34.0. The van der Waals surface area contributed by atoms with Gasteiger partial charge in [0, 0.05) is 5.92 Å². The van der Waals surface area contributed by atoms with Gasteiger partial charge in [0.25, 0.3) is 0 Å². The Morgan fingerprint density at radius 1 is 1.30 bits per heavy atom. The van der Waals surface area contributed by atoms with Crippen molar-refractivity contribution in [1.29, 1.82) is 0 Å². The topological polar surface area (TPSA) is 52.5 Å². The van der Waals surface area contributed by atoms with Crippen LogP contribution in [0, 0.1) is 23.7 Å². The summed E-state index contributed by atoms with van der Waals surface area (Å²) >= 11 is 0. The second-order valence-corrected chi connectivity index (χ2v) is 9.70. The van der Waals surface area contributed by atoms with Crippen LogP contribution in [-0.2, 0) is 0 Å². The molecule has 3 rings (SSSR count). The molecule has 27 heavy (non-hydrogen) atoms. The molecule has 0 aromatic carbocycles. The number of allylic oxidation sites excluding steroid dienone is 2. The van der Waals surface area contributed by atoms with E-state index in [-0.39, 0.29) is 12.0 Å². The minimum absolute atomic E-state index is 0.209. The largest absolute Gasteiger partial charge is 0.392 e. The average molecular weight is 376 g/mol. The Bertz CT molecular complexity index is 518. The first-order valence-electron chi connectivity index (χ1n) is 11.5. The summed E-state index contributed by atoms with van der Waals surface area (Å²) < 4.78 is 0. The van der Waals surface area contributed by atoms with E-state index in [0.29, 0.717) is 18.3 Å². The van der Waals surface area contributed by atoms with Crippen LogP contribution in [0.5, 0.6) is 0 Å². The SMILES string of the molecule is CCCC[C@](C)(O)C/C=C/[C@@H]1[C@H]2CC(CCC3CCNCC3)=C[C@H]2C[C@H]1O. The zero-order chi connectivity index (χ0) is 19.3. The fraction of sp³-hybridized carbons (Fsp3) is 0.833. The Morgan fingerprint density at radius 3 is 2.81 bits per heavy atom. The molecule has 1 aliphatic heterocycles. The lowest BCUT2D eigenvalue weighted by atomic mass is 9.86.